The standard InChI is InChI=1S/C56H53F2N3O4S4Se/c1-7-11-13-31(9-3)27-64-39-18-16-33(24-37(39)57)45-35-23-30(6)67-53(35)46(34-17-19-40(38(58)25-34)65-28-32(10-4)14-12-8-2)36-26-44(69-54(36)45)41-21-22-43(68-41)48-50-49(55(62)59-56(50)63)47(42-20-15-29(5)66-42)51-52(48)61-70-60-51/h15-26,31-32H,7-14,27-28H2,1-6H3,(H,59,62,63). The van der Waals surface area contributed by atoms with Gasteiger partial charge in [-0.25, -0.2) is 8.78 Å². The molecule has 0 saturated carbocycles. The molecule has 0 bridgehead atoms. The summed E-state index contributed by atoms with van der Waals surface area (Å²) in [4.78, 5) is 33.1. The zero-order chi connectivity index (χ0) is 48.8. The van der Waals surface area contributed by atoms with Gasteiger partial charge < -0.3 is 9.47 Å². The number of carbonyl (C=O) groups excluding carboxylic acids is 2. The van der Waals surface area contributed by atoms with E-state index in [2.05, 4.69) is 52.1 Å². The van der Waals surface area contributed by atoms with Crippen LogP contribution in [0.1, 0.15) is 110 Å². The summed E-state index contributed by atoms with van der Waals surface area (Å²) in [5.41, 5.74) is 6.48. The third-order valence-corrected chi connectivity index (χ3v) is 19.2. The fraction of sp³-hybridized carbons (Fsp3) is 0.321. The summed E-state index contributed by atoms with van der Waals surface area (Å²) in [6.07, 6.45) is 8.47. The molecule has 9 aromatic rings. The second-order valence-electron chi connectivity index (χ2n) is 18.3. The molecule has 10 rings (SSSR count). The molecule has 14 heteroatoms. The number of nitrogens with zero attached hydrogens (tertiary/aromatic N) is 2. The summed E-state index contributed by atoms with van der Waals surface area (Å²) >= 11 is 5.89. The Morgan fingerprint density at radius 2 is 1.07 bits per heavy atom. The van der Waals surface area contributed by atoms with Crippen LogP contribution >= 0.6 is 45.3 Å². The van der Waals surface area contributed by atoms with Crippen molar-refractivity contribution in [1.82, 2.24) is 13.3 Å². The summed E-state index contributed by atoms with van der Waals surface area (Å²) < 4.78 is 56.6. The van der Waals surface area contributed by atoms with E-state index in [1.807, 2.05) is 43.3 Å². The van der Waals surface area contributed by atoms with Crippen LogP contribution in [0.15, 0.2) is 72.8 Å². The molecule has 0 radical (unpaired) electrons. The minimum Gasteiger partial charge on any atom is -0.203 e. The van der Waals surface area contributed by atoms with Crippen molar-refractivity contribution in [2.45, 2.75) is 92.9 Å². The summed E-state index contributed by atoms with van der Waals surface area (Å²) in [7, 11) is 0. The summed E-state index contributed by atoms with van der Waals surface area (Å²) in [6, 6.07) is 22.9. The molecular weight excluding hydrogens is 1020 g/mol. The first-order chi connectivity index (χ1) is 34.0. The second kappa shape index (κ2) is 20.6. The van der Waals surface area contributed by atoms with Crippen LogP contribution in [0.25, 0.3) is 84.1 Å². The van der Waals surface area contributed by atoms with Crippen molar-refractivity contribution in [3.8, 4) is 64.4 Å². The predicted octanol–water partition coefficient (Wildman–Crippen LogP) is 16.5. The third-order valence-electron chi connectivity index (χ3n) is 13.5. The number of nitrogens with one attached hydrogen (secondary N) is 1. The Labute approximate surface area is 429 Å². The Morgan fingerprint density at radius 1 is 0.557 bits per heavy atom. The van der Waals surface area contributed by atoms with Crippen LogP contribution in [0.2, 0.25) is 0 Å². The van der Waals surface area contributed by atoms with Crippen LogP contribution in [-0.2, 0) is 0 Å². The Morgan fingerprint density at radius 3 is 1.59 bits per heavy atom. The normalized spacial score (nSPS) is 13.5. The van der Waals surface area contributed by atoms with Gasteiger partial charge in [0.15, 0.2) is 23.1 Å². The van der Waals surface area contributed by atoms with E-state index < -0.39 is 38.4 Å². The molecule has 0 aliphatic carbocycles. The van der Waals surface area contributed by atoms with E-state index in [9.17, 15) is 9.59 Å². The summed E-state index contributed by atoms with van der Waals surface area (Å²) in [6.45, 7) is 13.7. The molecule has 6 heterocycles. The number of ether oxygens (including phenoxy) is 2. The van der Waals surface area contributed by atoms with Gasteiger partial charge in [0.25, 0.3) is 0 Å². The number of hydrogen-bond donors (Lipinski definition) is 1. The maximum atomic E-state index is 16.3. The molecular formula is C56H53F2N3O4S4Se. The Kier molecular flexibility index (Phi) is 14.3. The molecule has 4 aromatic carbocycles. The monoisotopic (exact) mass is 1080 g/mol. The van der Waals surface area contributed by atoms with Crippen molar-refractivity contribution < 1.29 is 27.8 Å². The van der Waals surface area contributed by atoms with Crippen molar-refractivity contribution in [3.05, 3.63) is 105 Å². The fourth-order valence-electron chi connectivity index (χ4n) is 9.68. The molecule has 7 nitrogen and oxygen atoms in total. The van der Waals surface area contributed by atoms with Gasteiger partial charge in [0.05, 0.1) is 13.2 Å². The van der Waals surface area contributed by atoms with E-state index in [4.69, 9.17) is 17.4 Å². The predicted molar refractivity (Wildman–Crippen MR) is 289 cm³/mol. The number of benzene rings is 4. The molecule has 1 N–H and O–H groups in total. The van der Waals surface area contributed by atoms with Gasteiger partial charge in [-0.1, -0.05) is 66.2 Å². The third kappa shape index (κ3) is 9.09. The molecule has 5 aromatic heterocycles. The number of thiophene rings is 4. The van der Waals surface area contributed by atoms with Gasteiger partial charge >= 0.3 is 263 Å². The van der Waals surface area contributed by atoms with E-state index in [0.717, 1.165) is 123 Å². The fourth-order valence-corrected chi connectivity index (χ4v) is 15.3. The SMILES string of the molecule is CCCCC(CC)COc1ccc(-c2c3cc(-c4ccc(-c5c6c(c(-c7ccc(C)s7)c7n[se]nc57)C(=O)NC6=O)s4)sc3c(-c3ccc(OCC(CC)CCCC)c(F)c3)c3cc(C)sc23)cc1F. The van der Waals surface area contributed by atoms with Gasteiger partial charge in [-0.3, -0.25) is 0 Å². The number of carbonyl (C=O) groups is 2. The number of rotatable bonds is 19. The molecule has 360 valence electrons. The quantitative estimate of drug-likeness (QED) is 0.0641. The van der Waals surface area contributed by atoms with Crippen molar-refractivity contribution in [3.63, 3.8) is 0 Å². The van der Waals surface area contributed by atoms with E-state index in [0.29, 0.717) is 58.3 Å². The number of aryl methyl sites for hydroxylation is 2. The number of aromatic nitrogens is 2. The molecule has 1 aliphatic rings. The van der Waals surface area contributed by atoms with Crippen molar-refractivity contribution >= 4 is 103 Å². The molecule has 0 spiro atoms. The first-order valence-corrected chi connectivity index (χ1v) is 29.0. The minimum atomic E-state index is -0.445. The summed E-state index contributed by atoms with van der Waals surface area (Å²) in [5.74, 6) is -0.526. The Hall–Kier alpha value is -5.08. The molecule has 0 fully saturated rings. The maximum absolute atomic E-state index is 16.3. The number of amides is 2. The van der Waals surface area contributed by atoms with Crippen LogP contribution in [0.3, 0.4) is 0 Å². The first kappa shape index (κ1) is 48.5. The van der Waals surface area contributed by atoms with Gasteiger partial charge in [-0.2, -0.15) is 0 Å². The van der Waals surface area contributed by atoms with Crippen molar-refractivity contribution in [2.75, 3.05) is 13.2 Å². The van der Waals surface area contributed by atoms with Crippen molar-refractivity contribution in [2.24, 2.45) is 11.8 Å². The van der Waals surface area contributed by atoms with Crippen LogP contribution in [-0.4, -0.2) is 47.9 Å². The number of halogens is 2. The Balaban J connectivity index is 1.12. The number of hydrogen-bond acceptors (Lipinski definition) is 10. The molecule has 2 amide bonds. The molecule has 2 unspecified atom stereocenters. The van der Waals surface area contributed by atoms with E-state index >= 15 is 8.78 Å². The van der Waals surface area contributed by atoms with Gasteiger partial charge in [-0.15, -0.1) is 0 Å². The minimum absolute atomic E-state index is 0.239. The van der Waals surface area contributed by atoms with Gasteiger partial charge in [0.1, 0.15) is 0 Å². The number of fused-ring (bicyclic) bond motifs is 4. The van der Waals surface area contributed by atoms with Crippen molar-refractivity contribution in [1.29, 1.82) is 0 Å². The van der Waals surface area contributed by atoms with E-state index in [1.54, 1.807) is 58.3 Å². The Bertz CT molecular complexity index is 3330. The van der Waals surface area contributed by atoms with Gasteiger partial charge in [-0.05, 0) is 43.7 Å². The van der Waals surface area contributed by atoms with Crippen LogP contribution in [0, 0.1) is 37.3 Å². The summed E-state index contributed by atoms with van der Waals surface area (Å²) in [5, 5.41) is 4.45. The van der Waals surface area contributed by atoms with Crippen LogP contribution in [0.5, 0.6) is 11.5 Å². The number of unbranched alkanes of at least 4 members (excludes halogenated alkanes) is 2. The van der Waals surface area contributed by atoms with Crippen LogP contribution in [0.4, 0.5) is 8.78 Å². The van der Waals surface area contributed by atoms with E-state index in [-0.39, 0.29) is 11.5 Å². The first-order valence-electron chi connectivity index (χ1n) is 24.2. The molecule has 70 heavy (non-hydrogen) atoms. The zero-order valence-corrected chi connectivity index (χ0v) is 45.0. The zero-order valence-electron chi connectivity index (χ0n) is 40.0. The van der Waals surface area contributed by atoms with Crippen LogP contribution < -0.4 is 14.8 Å². The van der Waals surface area contributed by atoms with Gasteiger partial charge in [0, 0.05) is 4.88 Å². The topological polar surface area (TPSA) is 90.4 Å². The average Bonchev–Trinajstić information content (AvgIpc) is 4.23. The van der Waals surface area contributed by atoms with Gasteiger partial charge in [0.2, 0.25) is 0 Å². The molecule has 0 saturated heterocycles. The number of imide groups is 1. The smallest absolute Gasteiger partial charge is 0.203 e. The molecule has 2 atom stereocenters. The van der Waals surface area contributed by atoms with E-state index in [1.165, 1.54) is 11.3 Å². The molecule has 1 aliphatic heterocycles. The second-order valence-corrected chi connectivity index (χ2v) is 24.1. The average molecular weight is 1080 g/mol.